The molecule has 1 aromatic heterocycles. The first kappa shape index (κ1) is 13.2. The van der Waals surface area contributed by atoms with E-state index >= 15 is 0 Å². The number of rotatable bonds is 7. The maximum atomic E-state index is 10.6. The van der Waals surface area contributed by atoms with Crippen molar-refractivity contribution >= 4 is 11.9 Å². The summed E-state index contributed by atoms with van der Waals surface area (Å²) >= 11 is 0. The average molecular weight is 241 g/mol. The lowest BCUT2D eigenvalue weighted by Gasteiger charge is -2.16. The van der Waals surface area contributed by atoms with Crippen LogP contribution in [0.2, 0.25) is 0 Å². The van der Waals surface area contributed by atoms with Crippen molar-refractivity contribution in [2.24, 2.45) is 7.05 Å². The molecule has 0 unspecified atom stereocenters. The summed E-state index contributed by atoms with van der Waals surface area (Å²) in [6.07, 6.45) is 4.08. The fraction of sp³-hybridized carbons (Fsp3) is 0.500. The van der Waals surface area contributed by atoms with Crippen molar-refractivity contribution in [3.05, 3.63) is 18.0 Å². The molecule has 0 aromatic carbocycles. The number of carboxylic acids is 2. The molecular formula is C10H15N3O4. The van der Waals surface area contributed by atoms with Crippen molar-refractivity contribution in [3.8, 4) is 0 Å². The molecule has 0 saturated carbocycles. The van der Waals surface area contributed by atoms with Crippen LogP contribution in [-0.2, 0) is 23.1 Å². The van der Waals surface area contributed by atoms with Gasteiger partial charge in [0.2, 0.25) is 0 Å². The molecule has 17 heavy (non-hydrogen) atoms. The fourth-order valence-corrected chi connectivity index (χ4v) is 1.48. The van der Waals surface area contributed by atoms with Gasteiger partial charge in [0.15, 0.2) is 0 Å². The van der Waals surface area contributed by atoms with E-state index in [0.29, 0.717) is 13.0 Å². The molecule has 0 saturated heterocycles. The number of hydrogen-bond acceptors (Lipinski definition) is 4. The molecule has 0 aliphatic rings. The van der Waals surface area contributed by atoms with E-state index in [-0.39, 0.29) is 13.1 Å². The molecule has 0 radical (unpaired) electrons. The Kier molecular flexibility index (Phi) is 4.65. The highest BCUT2D eigenvalue weighted by atomic mass is 16.4. The third-order valence-corrected chi connectivity index (χ3v) is 2.19. The van der Waals surface area contributed by atoms with Gasteiger partial charge in [-0.1, -0.05) is 0 Å². The number of nitrogens with zero attached hydrogens (tertiary/aromatic N) is 3. The minimum Gasteiger partial charge on any atom is -0.480 e. The Bertz CT molecular complexity index is 386. The van der Waals surface area contributed by atoms with Gasteiger partial charge in [-0.15, -0.1) is 0 Å². The van der Waals surface area contributed by atoms with Crippen LogP contribution in [-0.4, -0.2) is 56.5 Å². The summed E-state index contributed by atoms with van der Waals surface area (Å²) in [5, 5.41) is 21.3. The van der Waals surface area contributed by atoms with E-state index in [9.17, 15) is 9.59 Å². The zero-order valence-electron chi connectivity index (χ0n) is 9.54. The molecule has 0 spiro atoms. The van der Waals surface area contributed by atoms with E-state index in [1.54, 1.807) is 17.9 Å². The molecule has 1 rings (SSSR count). The van der Waals surface area contributed by atoms with E-state index in [1.165, 1.54) is 4.90 Å². The van der Waals surface area contributed by atoms with Crippen molar-refractivity contribution in [1.29, 1.82) is 0 Å². The second-order valence-corrected chi connectivity index (χ2v) is 3.77. The van der Waals surface area contributed by atoms with Crippen LogP contribution >= 0.6 is 0 Å². The smallest absolute Gasteiger partial charge is 0.317 e. The van der Waals surface area contributed by atoms with Crippen LogP contribution in [0.5, 0.6) is 0 Å². The minimum atomic E-state index is -1.03. The monoisotopic (exact) mass is 241 g/mol. The molecular weight excluding hydrogens is 226 g/mol. The van der Waals surface area contributed by atoms with Crippen LogP contribution in [0.4, 0.5) is 0 Å². The molecule has 0 atom stereocenters. The first-order chi connectivity index (χ1) is 7.97. The van der Waals surface area contributed by atoms with E-state index in [0.717, 1.165) is 5.56 Å². The van der Waals surface area contributed by atoms with Gasteiger partial charge in [0.1, 0.15) is 0 Å². The second-order valence-electron chi connectivity index (χ2n) is 3.77. The van der Waals surface area contributed by atoms with Crippen LogP contribution in [0.1, 0.15) is 5.56 Å². The number of hydrogen-bond donors (Lipinski definition) is 2. The third-order valence-electron chi connectivity index (χ3n) is 2.19. The van der Waals surface area contributed by atoms with Crippen LogP contribution in [0, 0.1) is 0 Å². The molecule has 7 heteroatoms. The number of aryl methyl sites for hydroxylation is 1. The van der Waals surface area contributed by atoms with Gasteiger partial charge >= 0.3 is 11.9 Å². The quantitative estimate of drug-likeness (QED) is 0.664. The largest absolute Gasteiger partial charge is 0.480 e. The fourth-order valence-electron chi connectivity index (χ4n) is 1.48. The predicted molar refractivity (Wildman–Crippen MR) is 58.6 cm³/mol. The lowest BCUT2D eigenvalue weighted by Crippen LogP contribution is -2.35. The molecule has 2 N–H and O–H groups in total. The standard InChI is InChI=1S/C10H15N3O4/c1-12-5-8(4-11-12)2-3-13(6-9(14)15)7-10(16)17/h4-5H,2-3,6-7H2,1H3,(H,14,15)(H,16,17). The van der Waals surface area contributed by atoms with E-state index in [4.69, 9.17) is 10.2 Å². The summed E-state index contributed by atoms with van der Waals surface area (Å²) < 4.78 is 1.65. The number of aliphatic carboxylic acids is 2. The maximum absolute atomic E-state index is 10.6. The molecule has 0 amide bonds. The van der Waals surface area contributed by atoms with Gasteiger partial charge in [-0.05, 0) is 12.0 Å². The van der Waals surface area contributed by atoms with Crippen molar-refractivity contribution in [2.75, 3.05) is 19.6 Å². The van der Waals surface area contributed by atoms with Gasteiger partial charge in [-0.2, -0.15) is 5.10 Å². The van der Waals surface area contributed by atoms with Crippen LogP contribution in [0.25, 0.3) is 0 Å². The summed E-state index contributed by atoms with van der Waals surface area (Å²) in [6.45, 7) is -0.163. The number of aromatic nitrogens is 2. The molecule has 0 aliphatic heterocycles. The first-order valence-electron chi connectivity index (χ1n) is 5.11. The van der Waals surface area contributed by atoms with Gasteiger partial charge < -0.3 is 10.2 Å². The third kappa shape index (κ3) is 5.12. The van der Waals surface area contributed by atoms with Gasteiger partial charge in [-0.25, -0.2) is 0 Å². The van der Waals surface area contributed by atoms with Crippen LogP contribution < -0.4 is 0 Å². The van der Waals surface area contributed by atoms with Gasteiger partial charge in [0.05, 0.1) is 19.3 Å². The Morgan fingerprint density at radius 2 is 1.94 bits per heavy atom. The van der Waals surface area contributed by atoms with E-state index in [1.807, 2.05) is 6.20 Å². The SMILES string of the molecule is Cn1cc(CCN(CC(=O)O)CC(=O)O)cn1. The average Bonchev–Trinajstić information content (AvgIpc) is 2.59. The number of carboxylic acid groups (broad SMARTS) is 2. The van der Waals surface area contributed by atoms with Gasteiger partial charge in [-0.3, -0.25) is 19.2 Å². The molecule has 94 valence electrons. The van der Waals surface area contributed by atoms with Crippen molar-refractivity contribution < 1.29 is 19.8 Å². The minimum absolute atomic E-state index is 0.271. The van der Waals surface area contributed by atoms with E-state index < -0.39 is 11.9 Å². The van der Waals surface area contributed by atoms with Gasteiger partial charge in [0.25, 0.3) is 0 Å². The van der Waals surface area contributed by atoms with Crippen molar-refractivity contribution in [3.63, 3.8) is 0 Å². The second kappa shape index (κ2) is 6.00. The number of carbonyl (C=O) groups is 2. The summed E-state index contributed by atoms with van der Waals surface area (Å²) in [4.78, 5) is 22.5. The van der Waals surface area contributed by atoms with E-state index in [2.05, 4.69) is 5.10 Å². The first-order valence-corrected chi connectivity index (χ1v) is 5.11. The summed E-state index contributed by atoms with van der Waals surface area (Å²) in [5.74, 6) is -2.06. The molecule has 7 nitrogen and oxygen atoms in total. The van der Waals surface area contributed by atoms with Crippen molar-refractivity contribution in [2.45, 2.75) is 6.42 Å². The summed E-state index contributed by atoms with van der Waals surface area (Å²) in [5.41, 5.74) is 0.952. The van der Waals surface area contributed by atoms with Crippen molar-refractivity contribution in [1.82, 2.24) is 14.7 Å². The van der Waals surface area contributed by atoms with Crippen LogP contribution in [0.15, 0.2) is 12.4 Å². The lowest BCUT2D eigenvalue weighted by atomic mass is 10.2. The molecule has 0 fully saturated rings. The maximum Gasteiger partial charge on any atom is 0.317 e. The topological polar surface area (TPSA) is 95.7 Å². The molecule has 1 heterocycles. The van der Waals surface area contributed by atoms with Crippen LogP contribution in [0.3, 0.4) is 0 Å². The highest BCUT2D eigenvalue weighted by Crippen LogP contribution is 2.00. The highest BCUT2D eigenvalue weighted by molar-refractivity contribution is 5.72. The summed E-state index contributed by atoms with van der Waals surface area (Å²) in [7, 11) is 1.79. The molecule has 1 aromatic rings. The van der Waals surface area contributed by atoms with Gasteiger partial charge in [0, 0.05) is 19.8 Å². The zero-order chi connectivity index (χ0) is 12.8. The normalized spacial score (nSPS) is 10.7. The Morgan fingerprint density at radius 3 is 2.35 bits per heavy atom. The Labute approximate surface area is 98.3 Å². The Balaban J connectivity index is 2.48. The summed E-state index contributed by atoms with van der Waals surface area (Å²) in [6, 6.07) is 0. The Hall–Kier alpha value is -1.89. The highest BCUT2D eigenvalue weighted by Gasteiger charge is 2.13. The molecule has 0 bridgehead atoms. The lowest BCUT2D eigenvalue weighted by molar-refractivity contribution is -0.141. The Morgan fingerprint density at radius 1 is 1.35 bits per heavy atom. The zero-order valence-corrected chi connectivity index (χ0v) is 9.54. The molecule has 0 aliphatic carbocycles. The predicted octanol–water partition coefficient (Wildman–Crippen LogP) is -0.566.